The van der Waals surface area contributed by atoms with Crippen molar-refractivity contribution in [3.8, 4) is 0 Å². The molecule has 0 aromatic carbocycles. The lowest BCUT2D eigenvalue weighted by Gasteiger charge is -2.10. The van der Waals surface area contributed by atoms with Gasteiger partial charge < -0.3 is 4.74 Å². The van der Waals surface area contributed by atoms with E-state index in [-0.39, 0.29) is 0 Å². The summed E-state index contributed by atoms with van der Waals surface area (Å²) in [5.41, 5.74) is 0. The van der Waals surface area contributed by atoms with Crippen LogP contribution in [0.4, 0.5) is 0 Å². The number of carbonyl (C=O) groups excluding carboxylic acids is 1. The lowest BCUT2D eigenvalue weighted by atomic mass is 9.98. The van der Waals surface area contributed by atoms with Crippen LogP contribution in [-0.2, 0) is 9.53 Å². The Bertz CT molecular complexity index is 199. The summed E-state index contributed by atoms with van der Waals surface area (Å²) in [5, 5.41) is 0. The molecule has 2 atom stereocenters. The first-order chi connectivity index (χ1) is 6.86. The average Bonchev–Trinajstić information content (AvgIpc) is 2.78. The Morgan fingerprint density at radius 2 is 2.36 bits per heavy atom. The van der Waals surface area contributed by atoms with Crippen LogP contribution in [0.1, 0.15) is 32.1 Å². The van der Waals surface area contributed by atoms with E-state index in [1.54, 1.807) is 11.8 Å². The second-order valence-electron chi connectivity index (χ2n) is 4.24. The van der Waals surface area contributed by atoms with Gasteiger partial charge in [0.05, 0.1) is 11.9 Å². The highest BCUT2D eigenvalue weighted by Gasteiger charge is 2.25. The van der Waals surface area contributed by atoms with Gasteiger partial charge in [0.15, 0.2) is 0 Å². The monoisotopic (exact) mass is 214 g/mol. The molecule has 0 bridgehead atoms. The Balaban J connectivity index is 1.60. The molecule has 2 aliphatic heterocycles. The molecule has 0 aromatic heterocycles. The van der Waals surface area contributed by atoms with Crippen molar-refractivity contribution < 1.29 is 9.53 Å². The maximum Gasteiger partial charge on any atom is 0.146 e. The van der Waals surface area contributed by atoms with E-state index in [0.717, 1.165) is 31.0 Å². The third-order valence-electron chi connectivity index (χ3n) is 3.12. The van der Waals surface area contributed by atoms with Gasteiger partial charge in [-0.05, 0) is 25.7 Å². The van der Waals surface area contributed by atoms with Crippen molar-refractivity contribution in [2.24, 2.45) is 5.92 Å². The smallest absolute Gasteiger partial charge is 0.146 e. The molecule has 0 amide bonds. The fraction of sp³-hybridized carbons (Fsp3) is 0.909. The molecule has 0 N–H and O–H groups in total. The second-order valence-corrected chi connectivity index (χ2v) is 5.27. The topological polar surface area (TPSA) is 26.3 Å². The highest BCUT2D eigenvalue weighted by atomic mass is 32.2. The molecule has 2 aliphatic rings. The van der Waals surface area contributed by atoms with E-state index in [9.17, 15) is 4.79 Å². The van der Waals surface area contributed by atoms with E-state index in [4.69, 9.17) is 4.74 Å². The minimum absolute atomic E-state index is 0.362. The molecule has 2 nitrogen and oxygen atoms in total. The molecule has 2 saturated heterocycles. The summed E-state index contributed by atoms with van der Waals surface area (Å²) in [5.74, 6) is 2.65. The zero-order valence-corrected chi connectivity index (χ0v) is 9.35. The van der Waals surface area contributed by atoms with Crippen LogP contribution in [0.3, 0.4) is 0 Å². The van der Waals surface area contributed by atoms with Crippen LogP contribution < -0.4 is 0 Å². The maximum atomic E-state index is 11.3. The van der Waals surface area contributed by atoms with Gasteiger partial charge in [0.1, 0.15) is 5.78 Å². The lowest BCUT2D eigenvalue weighted by molar-refractivity contribution is -0.119. The van der Waals surface area contributed by atoms with Gasteiger partial charge in [0, 0.05) is 18.3 Å². The number of hydrogen-bond acceptors (Lipinski definition) is 3. The predicted molar refractivity (Wildman–Crippen MR) is 58.6 cm³/mol. The van der Waals surface area contributed by atoms with Crippen molar-refractivity contribution in [2.75, 3.05) is 18.1 Å². The molecule has 2 fully saturated rings. The summed E-state index contributed by atoms with van der Waals surface area (Å²) in [7, 11) is 0. The fourth-order valence-corrected chi connectivity index (χ4v) is 3.41. The zero-order chi connectivity index (χ0) is 9.80. The maximum absolute atomic E-state index is 11.3. The number of Topliss-reactive ketones (excluding diaryl/α,β-unsaturated/α-hetero) is 1. The molecule has 14 heavy (non-hydrogen) atoms. The number of carbonyl (C=O) groups is 1. The quantitative estimate of drug-likeness (QED) is 0.718. The summed E-state index contributed by atoms with van der Waals surface area (Å²) in [6.45, 7) is 0.947. The number of thioether (sulfide) groups is 1. The van der Waals surface area contributed by atoms with E-state index in [1.165, 1.54) is 19.3 Å². The van der Waals surface area contributed by atoms with Crippen LogP contribution >= 0.6 is 11.8 Å². The summed E-state index contributed by atoms with van der Waals surface area (Å²) in [6, 6.07) is 0. The molecule has 2 heterocycles. The van der Waals surface area contributed by atoms with Gasteiger partial charge >= 0.3 is 0 Å². The second kappa shape index (κ2) is 5.17. The number of rotatable bonds is 4. The largest absolute Gasteiger partial charge is 0.378 e. The molecule has 2 rings (SSSR count). The standard InChI is InChI=1S/C11H18O2S/c12-11-8-14-7-9(11)3-1-4-10-5-2-6-13-10/h9-10H,1-8H2. The van der Waals surface area contributed by atoms with Crippen molar-refractivity contribution in [3.05, 3.63) is 0 Å². The molecular weight excluding hydrogens is 196 g/mol. The molecule has 0 spiro atoms. The van der Waals surface area contributed by atoms with E-state index in [2.05, 4.69) is 0 Å². The van der Waals surface area contributed by atoms with Gasteiger partial charge in [-0.1, -0.05) is 6.42 Å². The zero-order valence-electron chi connectivity index (χ0n) is 8.54. The molecule has 0 radical (unpaired) electrons. The Hall–Kier alpha value is -0.0200. The SMILES string of the molecule is O=C1CSCC1CCCC1CCCO1. The van der Waals surface area contributed by atoms with Crippen LogP contribution in [0.5, 0.6) is 0 Å². The summed E-state index contributed by atoms with van der Waals surface area (Å²) >= 11 is 1.79. The lowest BCUT2D eigenvalue weighted by Crippen LogP contribution is -2.12. The van der Waals surface area contributed by atoms with Crippen LogP contribution in [0.2, 0.25) is 0 Å². The van der Waals surface area contributed by atoms with Gasteiger partial charge in [-0.2, -0.15) is 11.8 Å². The molecule has 0 aliphatic carbocycles. The van der Waals surface area contributed by atoms with Crippen molar-refractivity contribution in [1.82, 2.24) is 0 Å². The van der Waals surface area contributed by atoms with Crippen molar-refractivity contribution >= 4 is 17.5 Å². The molecule has 0 aromatic rings. The Labute approximate surface area is 89.8 Å². The molecule has 2 unspecified atom stereocenters. The Kier molecular flexibility index (Phi) is 3.88. The van der Waals surface area contributed by atoms with E-state index < -0.39 is 0 Å². The van der Waals surface area contributed by atoms with Crippen LogP contribution in [0.25, 0.3) is 0 Å². The summed E-state index contributed by atoms with van der Waals surface area (Å²) in [6.07, 6.45) is 6.37. The first kappa shape index (κ1) is 10.5. The molecule has 0 saturated carbocycles. The van der Waals surface area contributed by atoms with E-state index in [0.29, 0.717) is 17.8 Å². The van der Waals surface area contributed by atoms with Gasteiger partial charge in [-0.3, -0.25) is 4.79 Å². The van der Waals surface area contributed by atoms with E-state index >= 15 is 0 Å². The summed E-state index contributed by atoms with van der Waals surface area (Å²) in [4.78, 5) is 11.3. The third-order valence-corrected chi connectivity index (χ3v) is 4.25. The molecule has 80 valence electrons. The minimum atomic E-state index is 0.362. The number of ether oxygens (including phenoxy) is 1. The highest BCUT2D eigenvalue weighted by molar-refractivity contribution is 8.00. The average molecular weight is 214 g/mol. The number of hydrogen-bond donors (Lipinski definition) is 0. The Morgan fingerprint density at radius 1 is 1.43 bits per heavy atom. The summed E-state index contributed by atoms with van der Waals surface area (Å²) < 4.78 is 5.55. The first-order valence-electron chi connectivity index (χ1n) is 5.58. The minimum Gasteiger partial charge on any atom is -0.378 e. The Morgan fingerprint density at radius 3 is 3.00 bits per heavy atom. The molecule has 3 heteroatoms. The van der Waals surface area contributed by atoms with Crippen molar-refractivity contribution in [3.63, 3.8) is 0 Å². The first-order valence-corrected chi connectivity index (χ1v) is 6.74. The van der Waals surface area contributed by atoms with Gasteiger partial charge in [0.25, 0.3) is 0 Å². The van der Waals surface area contributed by atoms with Gasteiger partial charge in [-0.25, -0.2) is 0 Å². The normalized spacial score (nSPS) is 32.7. The van der Waals surface area contributed by atoms with Gasteiger partial charge in [-0.15, -0.1) is 0 Å². The molecular formula is C11H18O2S. The fourth-order valence-electron chi connectivity index (χ4n) is 2.22. The van der Waals surface area contributed by atoms with Crippen LogP contribution in [0, 0.1) is 5.92 Å². The van der Waals surface area contributed by atoms with E-state index in [1.807, 2.05) is 0 Å². The van der Waals surface area contributed by atoms with Crippen LogP contribution in [0.15, 0.2) is 0 Å². The van der Waals surface area contributed by atoms with Gasteiger partial charge in [0.2, 0.25) is 0 Å². The van der Waals surface area contributed by atoms with Crippen molar-refractivity contribution in [1.29, 1.82) is 0 Å². The highest BCUT2D eigenvalue weighted by Crippen LogP contribution is 2.26. The third kappa shape index (κ3) is 2.74. The predicted octanol–water partition coefficient (Wildman–Crippen LogP) is 2.27. The van der Waals surface area contributed by atoms with Crippen LogP contribution in [-0.4, -0.2) is 30.0 Å². The number of ketones is 1. The van der Waals surface area contributed by atoms with Crippen molar-refractivity contribution in [2.45, 2.75) is 38.2 Å².